The molecule has 4 rings (SSSR count). The van der Waals surface area contributed by atoms with Crippen molar-refractivity contribution < 1.29 is 31.9 Å². The van der Waals surface area contributed by atoms with Crippen LogP contribution in [0.4, 0.5) is 30.6 Å². The molecular weight excluding hydrogens is 492 g/mol. The van der Waals surface area contributed by atoms with Crippen LogP contribution in [0.2, 0.25) is 0 Å². The largest absolute Gasteiger partial charge is 0.465 e. The van der Waals surface area contributed by atoms with E-state index >= 15 is 0 Å². The Labute approximate surface area is 208 Å². The molecule has 0 aromatic heterocycles. The molecule has 8 nitrogen and oxygen atoms in total. The minimum Gasteiger partial charge on any atom is -0.465 e. The van der Waals surface area contributed by atoms with E-state index in [9.17, 15) is 31.9 Å². The van der Waals surface area contributed by atoms with E-state index in [-0.39, 0.29) is 37.5 Å². The molecule has 1 saturated carbocycles. The lowest BCUT2D eigenvalue weighted by Gasteiger charge is -2.49. The molecule has 0 saturated heterocycles. The van der Waals surface area contributed by atoms with E-state index < -0.39 is 34.1 Å². The van der Waals surface area contributed by atoms with E-state index in [1.807, 2.05) is 0 Å². The van der Waals surface area contributed by atoms with Crippen LogP contribution in [-0.2, 0) is 14.8 Å². The number of benzene rings is 2. The van der Waals surface area contributed by atoms with Crippen LogP contribution in [0, 0.1) is 5.92 Å². The Balaban J connectivity index is 1.77. The first-order valence-corrected chi connectivity index (χ1v) is 13.6. The van der Waals surface area contributed by atoms with Gasteiger partial charge in [-0.1, -0.05) is 18.2 Å². The van der Waals surface area contributed by atoms with Crippen molar-refractivity contribution in [3.8, 4) is 11.1 Å². The molecule has 0 radical (unpaired) electrons. The summed E-state index contributed by atoms with van der Waals surface area (Å²) in [7, 11) is -3.43. The highest BCUT2D eigenvalue weighted by Crippen LogP contribution is 2.47. The molecule has 0 bridgehead atoms. The second kappa shape index (κ2) is 9.34. The number of amides is 2. The van der Waals surface area contributed by atoms with E-state index in [0.29, 0.717) is 28.2 Å². The van der Waals surface area contributed by atoms with Gasteiger partial charge in [0.1, 0.15) is 0 Å². The summed E-state index contributed by atoms with van der Waals surface area (Å²) in [5.41, 5.74) is 2.52. The number of halogens is 2. The number of sulfonamides is 1. The third kappa shape index (κ3) is 5.16. The lowest BCUT2D eigenvalue weighted by Crippen LogP contribution is -2.61. The van der Waals surface area contributed by atoms with Gasteiger partial charge in [-0.25, -0.2) is 22.0 Å². The Morgan fingerprint density at radius 3 is 2.11 bits per heavy atom. The second-order valence-electron chi connectivity index (χ2n) is 9.62. The lowest BCUT2D eigenvalue weighted by atomic mass is 9.77. The quantitative estimate of drug-likeness (QED) is 0.578. The Bertz CT molecular complexity index is 1270. The molecule has 1 fully saturated rings. The zero-order valence-electron chi connectivity index (χ0n) is 20.2. The SMILES string of the molecule is CC(=O)N1c2ccc(-c3ccc(NS(C)(=O)=O)cc3)cc2N(C(=O)O)C(C2CCC(F)(F)CC2)[C@@H]1C. The highest BCUT2D eigenvalue weighted by Gasteiger charge is 2.48. The smallest absolute Gasteiger partial charge is 0.412 e. The van der Waals surface area contributed by atoms with Crippen molar-refractivity contribution in [2.75, 3.05) is 20.8 Å². The number of alkyl halides is 2. The van der Waals surface area contributed by atoms with Crippen molar-refractivity contribution in [1.82, 2.24) is 0 Å². The van der Waals surface area contributed by atoms with Gasteiger partial charge in [0.05, 0.1) is 29.7 Å². The Morgan fingerprint density at radius 2 is 1.58 bits per heavy atom. The average Bonchev–Trinajstić information content (AvgIpc) is 2.77. The molecule has 2 amide bonds. The molecule has 11 heteroatoms. The summed E-state index contributed by atoms with van der Waals surface area (Å²) in [6.07, 6.45) is -0.442. The van der Waals surface area contributed by atoms with Crippen molar-refractivity contribution in [3.63, 3.8) is 0 Å². The van der Waals surface area contributed by atoms with Gasteiger partial charge in [-0.2, -0.15) is 0 Å². The fraction of sp³-hybridized carbons (Fsp3) is 0.440. The van der Waals surface area contributed by atoms with E-state index in [0.717, 1.165) is 6.26 Å². The van der Waals surface area contributed by atoms with E-state index in [2.05, 4.69) is 4.72 Å². The van der Waals surface area contributed by atoms with Crippen LogP contribution in [0.25, 0.3) is 11.1 Å². The first kappa shape index (κ1) is 25.9. The summed E-state index contributed by atoms with van der Waals surface area (Å²) in [5, 5.41) is 10.2. The van der Waals surface area contributed by atoms with Gasteiger partial charge >= 0.3 is 6.09 Å². The predicted octanol–water partition coefficient (Wildman–Crippen LogP) is 5.16. The maximum absolute atomic E-state index is 13.9. The zero-order chi connectivity index (χ0) is 26.4. The number of nitrogens with one attached hydrogen (secondary N) is 1. The molecule has 1 aliphatic carbocycles. The summed E-state index contributed by atoms with van der Waals surface area (Å²) < 4.78 is 53.1. The standard InChI is InChI=1S/C25H29F2N3O5S/c1-15-23(18-10-12-25(26,27)13-11-18)30(24(32)33)22-14-19(6-9-21(22)29(15)16(2)31)17-4-7-20(8-5-17)28-36(3,34)35/h4-9,14-15,18,23,28H,10-13H2,1-3H3,(H,32,33)/t15-,23?/m0/s1. The van der Waals surface area contributed by atoms with Gasteiger partial charge in [-0.05, 0) is 61.1 Å². The van der Waals surface area contributed by atoms with E-state index in [1.165, 1.54) is 11.8 Å². The highest BCUT2D eigenvalue weighted by molar-refractivity contribution is 7.92. The van der Waals surface area contributed by atoms with Crippen LogP contribution in [0.3, 0.4) is 0 Å². The maximum Gasteiger partial charge on any atom is 0.412 e. The van der Waals surface area contributed by atoms with Gasteiger partial charge in [0.2, 0.25) is 21.9 Å². The molecule has 0 spiro atoms. The number of carbonyl (C=O) groups excluding carboxylic acids is 1. The topological polar surface area (TPSA) is 107 Å². The molecular formula is C25H29F2N3O5S. The Hall–Kier alpha value is -3.21. The van der Waals surface area contributed by atoms with Crippen molar-refractivity contribution in [3.05, 3.63) is 42.5 Å². The number of fused-ring (bicyclic) bond motifs is 1. The number of carbonyl (C=O) groups is 2. The normalized spacial score (nSPS) is 22.1. The first-order valence-electron chi connectivity index (χ1n) is 11.7. The average molecular weight is 522 g/mol. The molecule has 2 aliphatic rings. The van der Waals surface area contributed by atoms with Crippen LogP contribution in [0.1, 0.15) is 39.5 Å². The molecule has 2 aromatic carbocycles. The molecule has 1 aliphatic heterocycles. The number of hydrogen-bond donors (Lipinski definition) is 2. The molecule has 2 aromatic rings. The molecule has 1 unspecified atom stereocenters. The molecule has 36 heavy (non-hydrogen) atoms. The third-order valence-corrected chi connectivity index (χ3v) is 7.61. The number of carboxylic acid groups (broad SMARTS) is 1. The van der Waals surface area contributed by atoms with Crippen LogP contribution in [0.5, 0.6) is 0 Å². The predicted molar refractivity (Wildman–Crippen MR) is 134 cm³/mol. The summed E-state index contributed by atoms with van der Waals surface area (Å²) >= 11 is 0. The third-order valence-electron chi connectivity index (χ3n) is 7.01. The number of anilines is 3. The van der Waals surface area contributed by atoms with Crippen molar-refractivity contribution in [1.29, 1.82) is 0 Å². The van der Waals surface area contributed by atoms with Gasteiger partial charge < -0.3 is 10.0 Å². The number of nitrogens with zero attached hydrogens (tertiary/aromatic N) is 2. The molecule has 194 valence electrons. The van der Waals surface area contributed by atoms with Crippen molar-refractivity contribution in [2.24, 2.45) is 5.92 Å². The Morgan fingerprint density at radius 1 is 1.00 bits per heavy atom. The minimum atomic E-state index is -3.43. The summed E-state index contributed by atoms with van der Waals surface area (Å²) in [4.78, 5) is 28.0. The van der Waals surface area contributed by atoms with E-state index in [1.54, 1.807) is 54.3 Å². The minimum absolute atomic E-state index is 0.168. The van der Waals surface area contributed by atoms with Gasteiger partial charge in [0.25, 0.3) is 0 Å². The van der Waals surface area contributed by atoms with E-state index in [4.69, 9.17) is 0 Å². The summed E-state index contributed by atoms with van der Waals surface area (Å²) in [6.45, 7) is 3.17. The maximum atomic E-state index is 13.9. The fourth-order valence-electron chi connectivity index (χ4n) is 5.49. The number of rotatable bonds is 4. The fourth-order valence-corrected chi connectivity index (χ4v) is 6.05. The van der Waals surface area contributed by atoms with Gasteiger partial charge in [-0.3, -0.25) is 14.4 Å². The van der Waals surface area contributed by atoms with Crippen LogP contribution < -0.4 is 14.5 Å². The summed E-state index contributed by atoms with van der Waals surface area (Å²) in [5.74, 6) is -3.34. The monoisotopic (exact) mass is 521 g/mol. The second-order valence-corrected chi connectivity index (χ2v) is 11.4. The van der Waals surface area contributed by atoms with Crippen LogP contribution in [-0.4, -0.2) is 49.8 Å². The number of hydrogen-bond acceptors (Lipinski definition) is 4. The summed E-state index contributed by atoms with van der Waals surface area (Å²) in [6, 6.07) is 10.5. The van der Waals surface area contributed by atoms with Crippen molar-refractivity contribution in [2.45, 2.75) is 57.5 Å². The molecule has 2 atom stereocenters. The van der Waals surface area contributed by atoms with Gasteiger partial charge in [0.15, 0.2) is 0 Å². The van der Waals surface area contributed by atoms with Crippen LogP contribution in [0.15, 0.2) is 42.5 Å². The van der Waals surface area contributed by atoms with Gasteiger partial charge in [-0.15, -0.1) is 0 Å². The molecule has 1 heterocycles. The Kier molecular flexibility index (Phi) is 6.72. The lowest BCUT2D eigenvalue weighted by molar-refractivity contribution is -0.117. The highest BCUT2D eigenvalue weighted by atomic mass is 32.2. The first-order chi connectivity index (χ1) is 16.8. The van der Waals surface area contributed by atoms with Crippen LogP contribution >= 0.6 is 0 Å². The zero-order valence-corrected chi connectivity index (χ0v) is 21.1. The molecule has 2 N–H and O–H groups in total. The van der Waals surface area contributed by atoms with Crippen molar-refractivity contribution >= 4 is 39.1 Å². The van der Waals surface area contributed by atoms with Gasteiger partial charge in [0, 0.05) is 25.5 Å².